The van der Waals surface area contributed by atoms with Crippen molar-refractivity contribution in [2.75, 3.05) is 26.2 Å². The predicted molar refractivity (Wildman–Crippen MR) is 81.0 cm³/mol. The highest BCUT2D eigenvalue weighted by Gasteiger charge is 2.23. The lowest BCUT2D eigenvalue weighted by Gasteiger charge is -2.31. The molecule has 0 aliphatic heterocycles. The molecule has 0 unspecified atom stereocenters. The van der Waals surface area contributed by atoms with Crippen LogP contribution in [0.5, 0.6) is 0 Å². The molecule has 1 N–H and O–H groups in total. The lowest BCUT2D eigenvalue weighted by Crippen LogP contribution is -2.38. The van der Waals surface area contributed by atoms with Crippen molar-refractivity contribution in [3.8, 4) is 0 Å². The van der Waals surface area contributed by atoms with Gasteiger partial charge in [-0.1, -0.05) is 40.2 Å². The zero-order valence-corrected chi connectivity index (χ0v) is 12.7. The Bertz CT molecular complexity index is 229. The lowest BCUT2D eigenvalue weighted by molar-refractivity contribution is 0.191. The van der Waals surface area contributed by atoms with Crippen LogP contribution >= 0.6 is 0 Å². The minimum atomic E-state index is 0.752. The topological polar surface area (TPSA) is 15.3 Å². The van der Waals surface area contributed by atoms with E-state index >= 15 is 0 Å². The van der Waals surface area contributed by atoms with E-state index in [-0.39, 0.29) is 0 Å². The van der Waals surface area contributed by atoms with Gasteiger partial charge in [-0.2, -0.15) is 0 Å². The van der Waals surface area contributed by atoms with Crippen molar-refractivity contribution >= 4 is 0 Å². The first kappa shape index (κ1) is 15.7. The van der Waals surface area contributed by atoms with E-state index in [4.69, 9.17) is 0 Å². The highest BCUT2D eigenvalue weighted by molar-refractivity contribution is 5.01. The van der Waals surface area contributed by atoms with Crippen LogP contribution in [0.4, 0.5) is 0 Å². The van der Waals surface area contributed by atoms with Crippen molar-refractivity contribution in [2.24, 2.45) is 5.92 Å². The Hall–Kier alpha value is -0.340. The third kappa shape index (κ3) is 6.01. The first-order valence-corrected chi connectivity index (χ1v) is 7.74. The first-order valence-electron chi connectivity index (χ1n) is 7.74. The summed E-state index contributed by atoms with van der Waals surface area (Å²) >= 11 is 0. The van der Waals surface area contributed by atoms with Gasteiger partial charge in [0.05, 0.1) is 0 Å². The number of nitrogens with one attached hydrogen (secondary N) is 1. The summed E-state index contributed by atoms with van der Waals surface area (Å²) in [5.41, 5.74) is 1.34. The minimum Gasteiger partial charge on any atom is -0.313 e. The average molecular weight is 252 g/mol. The number of hydrogen-bond donors (Lipinski definition) is 1. The fourth-order valence-electron chi connectivity index (χ4n) is 2.87. The van der Waals surface area contributed by atoms with E-state index in [1.165, 1.54) is 44.2 Å². The van der Waals surface area contributed by atoms with Crippen molar-refractivity contribution < 1.29 is 0 Å². The van der Waals surface area contributed by atoms with Crippen LogP contribution in [-0.2, 0) is 0 Å². The Morgan fingerprint density at radius 1 is 1.33 bits per heavy atom. The molecule has 18 heavy (non-hydrogen) atoms. The van der Waals surface area contributed by atoms with Crippen LogP contribution in [0.15, 0.2) is 12.2 Å². The van der Waals surface area contributed by atoms with Crippen molar-refractivity contribution in [3.63, 3.8) is 0 Å². The molecule has 0 radical (unpaired) electrons. The third-order valence-electron chi connectivity index (χ3n) is 3.67. The van der Waals surface area contributed by atoms with Crippen LogP contribution in [0.25, 0.3) is 0 Å². The van der Waals surface area contributed by atoms with E-state index in [1.807, 2.05) is 0 Å². The molecule has 1 saturated carbocycles. The van der Waals surface area contributed by atoms with Gasteiger partial charge >= 0.3 is 0 Å². The highest BCUT2D eigenvalue weighted by Crippen LogP contribution is 2.24. The summed E-state index contributed by atoms with van der Waals surface area (Å²) < 4.78 is 0. The Kier molecular flexibility index (Phi) is 7.60. The second-order valence-electron chi connectivity index (χ2n) is 6.19. The van der Waals surface area contributed by atoms with Gasteiger partial charge in [0.15, 0.2) is 0 Å². The average Bonchev–Trinajstić information content (AvgIpc) is 2.81. The van der Waals surface area contributed by atoms with E-state index in [0.29, 0.717) is 0 Å². The Morgan fingerprint density at radius 3 is 2.56 bits per heavy atom. The molecule has 1 aliphatic carbocycles. The molecule has 2 nitrogen and oxygen atoms in total. The fourth-order valence-corrected chi connectivity index (χ4v) is 2.87. The molecule has 0 aromatic carbocycles. The molecule has 1 fully saturated rings. The molecule has 0 saturated heterocycles. The first-order chi connectivity index (χ1) is 8.63. The monoisotopic (exact) mass is 252 g/mol. The zero-order chi connectivity index (χ0) is 13.4. The molecular weight excluding hydrogens is 220 g/mol. The molecule has 0 amide bonds. The SMILES string of the molecule is C=C(CNCCC)CN(CC(C)C)C1CCCC1. The van der Waals surface area contributed by atoms with Crippen molar-refractivity contribution in [3.05, 3.63) is 12.2 Å². The summed E-state index contributed by atoms with van der Waals surface area (Å²) in [4.78, 5) is 2.67. The Labute approximate surface area is 114 Å². The molecule has 2 heteroatoms. The number of nitrogens with zero attached hydrogens (tertiary/aromatic N) is 1. The van der Waals surface area contributed by atoms with Gasteiger partial charge in [-0.25, -0.2) is 0 Å². The molecule has 1 aliphatic rings. The van der Waals surface area contributed by atoms with Crippen LogP contribution in [-0.4, -0.2) is 37.1 Å². The predicted octanol–water partition coefficient (Wildman–Crippen LogP) is 3.44. The van der Waals surface area contributed by atoms with Gasteiger partial charge in [0, 0.05) is 25.7 Å². The van der Waals surface area contributed by atoms with Gasteiger partial charge in [-0.3, -0.25) is 4.90 Å². The molecule has 0 atom stereocenters. The molecule has 0 aromatic heterocycles. The van der Waals surface area contributed by atoms with Crippen molar-refractivity contribution in [2.45, 2.75) is 58.9 Å². The molecular formula is C16H32N2. The number of rotatable bonds is 9. The van der Waals surface area contributed by atoms with Crippen molar-refractivity contribution in [1.82, 2.24) is 10.2 Å². The van der Waals surface area contributed by atoms with Crippen LogP contribution < -0.4 is 5.32 Å². The van der Waals surface area contributed by atoms with Crippen LogP contribution in [0.3, 0.4) is 0 Å². The molecule has 106 valence electrons. The standard InChI is InChI=1S/C16H32N2/c1-5-10-17-11-15(4)13-18(12-14(2)3)16-8-6-7-9-16/h14,16-17H,4-13H2,1-3H3. The van der Waals surface area contributed by atoms with E-state index < -0.39 is 0 Å². The van der Waals surface area contributed by atoms with Crippen molar-refractivity contribution in [1.29, 1.82) is 0 Å². The smallest absolute Gasteiger partial charge is 0.0205 e. The van der Waals surface area contributed by atoms with Gasteiger partial charge < -0.3 is 5.32 Å². The normalized spacial score (nSPS) is 16.9. The largest absolute Gasteiger partial charge is 0.313 e. The zero-order valence-electron chi connectivity index (χ0n) is 12.7. The summed E-state index contributed by atoms with van der Waals surface area (Å²) in [5, 5.41) is 3.46. The van der Waals surface area contributed by atoms with E-state index in [0.717, 1.165) is 31.6 Å². The van der Waals surface area contributed by atoms with Crippen LogP contribution in [0.1, 0.15) is 52.9 Å². The third-order valence-corrected chi connectivity index (χ3v) is 3.67. The van der Waals surface area contributed by atoms with Gasteiger partial charge in [0.1, 0.15) is 0 Å². The van der Waals surface area contributed by atoms with Crippen LogP contribution in [0, 0.1) is 5.92 Å². The van der Waals surface area contributed by atoms with E-state index in [1.54, 1.807) is 0 Å². The summed E-state index contributed by atoms with van der Waals surface area (Å²) in [6.45, 7) is 15.5. The minimum absolute atomic E-state index is 0.752. The maximum Gasteiger partial charge on any atom is 0.0205 e. The second-order valence-corrected chi connectivity index (χ2v) is 6.19. The van der Waals surface area contributed by atoms with Gasteiger partial charge in [0.25, 0.3) is 0 Å². The van der Waals surface area contributed by atoms with Gasteiger partial charge in [-0.15, -0.1) is 0 Å². The molecule has 0 spiro atoms. The summed E-state index contributed by atoms with van der Waals surface area (Å²) in [7, 11) is 0. The van der Waals surface area contributed by atoms with Gasteiger partial charge in [-0.05, 0) is 37.3 Å². The van der Waals surface area contributed by atoms with E-state index in [2.05, 4.69) is 37.6 Å². The van der Waals surface area contributed by atoms with Gasteiger partial charge in [0.2, 0.25) is 0 Å². The number of hydrogen-bond acceptors (Lipinski definition) is 2. The second kappa shape index (κ2) is 8.71. The van der Waals surface area contributed by atoms with E-state index in [9.17, 15) is 0 Å². The Balaban J connectivity index is 2.37. The maximum atomic E-state index is 4.24. The lowest BCUT2D eigenvalue weighted by atomic mass is 10.1. The quantitative estimate of drug-likeness (QED) is 0.499. The molecule has 0 aromatic rings. The fraction of sp³-hybridized carbons (Fsp3) is 0.875. The summed E-state index contributed by atoms with van der Waals surface area (Å²) in [6.07, 6.45) is 6.82. The van der Waals surface area contributed by atoms with Crippen LogP contribution in [0.2, 0.25) is 0 Å². The molecule has 0 bridgehead atoms. The summed E-state index contributed by atoms with van der Waals surface area (Å²) in [6, 6.07) is 0.815. The molecule has 1 rings (SSSR count). The highest BCUT2D eigenvalue weighted by atomic mass is 15.2. The maximum absolute atomic E-state index is 4.24. The Morgan fingerprint density at radius 2 is 2.00 bits per heavy atom. The molecule has 0 heterocycles. The summed E-state index contributed by atoms with van der Waals surface area (Å²) in [5.74, 6) is 0.752.